The summed E-state index contributed by atoms with van der Waals surface area (Å²) < 4.78 is 64.8. The molecule has 0 radical (unpaired) electrons. The summed E-state index contributed by atoms with van der Waals surface area (Å²) in [5.74, 6) is -0.812. The predicted octanol–water partition coefficient (Wildman–Crippen LogP) is 11.3. The summed E-state index contributed by atoms with van der Waals surface area (Å²) in [5.41, 5.74) is 2.71. The topological polar surface area (TPSA) is 62.1 Å². The van der Waals surface area contributed by atoms with E-state index >= 15 is 0 Å². The molecule has 0 aliphatic rings. The molecule has 1 atom stereocenters. The van der Waals surface area contributed by atoms with Crippen LogP contribution >= 0.6 is 23.2 Å². The molecule has 0 aromatic heterocycles. The molecular formula is C35H40Cl2F3N3O2S. The average molecular weight is 695 g/mol. The molecule has 0 spiro atoms. The number of anilines is 1. The maximum atomic E-state index is 13.6. The molecule has 46 heavy (non-hydrogen) atoms. The Morgan fingerprint density at radius 1 is 0.935 bits per heavy atom. The van der Waals surface area contributed by atoms with E-state index in [0.717, 1.165) is 6.26 Å². The lowest BCUT2D eigenvalue weighted by molar-refractivity contribution is -0.0628. The van der Waals surface area contributed by atoms with Crippen molar-refractivity contribution < 1.29 is 21.6 Å². The summed E-state index contributed by atoms with van der Waals surface area (Å²) in [7, 11) is -3.41. The summed E-state index contributed by atoms with van der Waals surface area (Å²) in [5, 5.41) is 8.24. The number of rotatable bonds is 10. The molecule has 11 heteroatoms. The van der Waals surface area contributed by atoms with E-state index in [1.807, 2.05) is 0 Å². The van der Waals surface area contributed by atoms with E-state index in [2.05, 4.69) is 30.6 Å². The molecule has 3 rings (SSSR count). The maximum Gasteiger partial charge on any atom is 0.431 e. The van der Waals surface area contributed by atoms with Crippen LogP contribution in [0.4, 0.5) is 18.9 Å². The van der Waals surface area contributed by atoms with Crippen molar-refractivity contribution in [2.75, 3.05) is 11.2 Å². The van der Waals surface area contributed by atoms with Gasteiger partial charge in [0.15, 0.2) is 9.84 Å². The van der Waals surface area contributed by atoms with Crippen LogP contribution < -0.4 is 4.90 Å². The summed E-state index contributed by atoms with van der Waals surface area (Å²) in [6, 6.07) is 18.8. The minimum Gasteiger partial charge on any atom is -0.315 e. The van der Waals surface area contributed by atoms with E-state index in [9.17, 15) is 21.6 Å². The molecule has 0 heterocycles. The normalized spacial score (nSPS) is 13.5. The average Bonchev–Trinajstić information content (AvgIpc) is 2.99. The fraction of sp³-hybridized carbons (Fsp3) is 0.314. The number of hydrogen-bond acceptors (Lipinski definition) is 5. The number of nitrogens with zero attached hydrogens (tertiary/aromatic N) is 3. The van der Waals surface area contributed by atoms with Crippen molar-refractivity contribution in [3.8, 4) is 11.1 Å². The minimum absolute atomic E-state index is 0.178. The van der Waals surface area contributed by atoms with Crippen LogP contribution in [0.5, 0.6) is 0 Å². The number of halogens is 5. The van der Waals surface area contributed by atoms with Gasteiger partial charge in [-0.2, -0.15) is 18.3 Å². The SMILES string of the molecule is C=C(c1ccccc1Cl)N(/C=C(C)/C(C)=N/N=C(\C(C)CC)C(F)(F)F)c1ccc(-c2cccc(S(C)(=O)=O)c2)cc1Cl.CCC. The fourth-order valence-corrected chi connectivity index (χ4v) is 5.21. The third-order valence-electron chi connectivity index (χ3n) is 6.85. The first-order chi connectivity index (χ1) is 21.5. The van der Waals surface area contributed by atoms with Crippen molar-refractivity contribution in [3.63, 3.8) is 0 Å². The zero-order valence-electron chi connectivity index (χ0n) is 27.1. The highest BCUT2D eigenvalue weighted by Crippen LogP contribution is 2.37. The molecule has 5 nitrogen and oxygen atoms in total. The van der Waals surface area contributed by atoms with Crippen molar-refractivity contribution in [1.82, 2.24) is 0 Å². The van der Waals surface area contributed by atoms with Gasteiger partial charge in [-0.1, -0.05) is 100 Å². The van der Waals surface area contributed by atoms with Crippen LogP contribution in [0.2, 0.25) is 10.0 Å². The van der Waals surface area contributed by atoms with Gasteiger partial charge in [-0.05, 0) is 67.3 Å². The second-order valence-corrected chi connectivity index (χ2v) is 13.6. The standard InChI is InChI=1S/C32H32Cl2F3N3O2S.C3H8/c1-7-20(2)31(32(35,36)37)39-38-22(4)21(3)19-40(23(5)27-13-8-9-14-28(27)33)30-16-15-25(18-29(30)34)24-11-10-12-26(17-24)43(6,41)42;1-3-2/h8-20H,5,7H2,1-4,6H3;3H2,1-2H3/b21-19+,38-22+,39-31+;. The Kier molecular flexibility index (Phi) is 14.3. The lowest BCUT2D eigenvalue weighted by atomic mass is 10.0. The summed E-state index contributed by atoms with van der Waals surface area (Å²) >= 11 is 13.3. The Morgan fingerprint density at radius 3 is 2.09 bits per heavy atom. The first-order valence-corrected chi connectivity index (χ1v) is 17.3. The Morgan fingerprint density at radius 2 is 1.54 bits per heavy atom. The molecule has 0 N–H and O–H groups in total. The number of allylic oxidation sites excluding steroid dienone is 1. The van der Waals surface area contributed by atoms with Crippen LogP contribution in [-0.4, -0.2) is 32.3 Å². The van der Waals surface area contributed by atoms with Gasteiger partial charge in [-0.15, -0.1) is 5.10 Å². The van der Waals surface area contributed by atoms with Gasteiger partial charge in [0.25, 0.3) is 0 Å². The van der Waals surface area contributed by atoms with E-state index in [1.54, 1.807) is 92.5 Å². The van der Waals surface area contributed by atoms with Crippen molar-refractivity contribution in [1.29, 1.82) is 0 Å². The Labute approximate surface area is 281 Å². The highest BCUT2D eigenvalue weighted by atomic mass is 35.5. The highest BCUT2D eigenvalue weighted by Gasteiger charge is 2.38. The molecule has 1 unspecified atom stereocenters. The summed E-state index contributed by atoms with van der Waals surface area (Å²) in [6.45, 7) is 14.9. The first-order valence-electron chi connectivity index (χ1n) is 14.7. The first kappa shape index (κ1) is 38.8. The Hall–Kier alpha value is -3.40. The van der Waals surface area contributed by atoms with Gasteiger partial charge in [-0.25, -0.2) is 8.42 Å². The van der Waals surface area contributed by atoms with Gasteiger partial charge in [0.1, 0.15) is 5.71 Å². The summed E-state index contributed by atoms with van der Waals surface area (Å²) in [6.07, 6.45) is -0.292. The smallest absolute Gasteiger partial charge is 0.315 e. The third kappa shape index (κ3) is 10.6. The van der Waals surface area contributed by atoms with Crippen molar-refractivity contribution in [2.45, 2.75) is 65.5 Å². The molecule has 0 amide bonds. The number of alkyl halides is 3. The number of hydrogen-bond donors (Lipinski definition) is 0. The third-order valence-corrected chi connectivity index (χ3v) is 8.59. The Bertz CT molecular complexity index is 1730. The van der Waals surface area contributed by atoms with E-state index in [0.29, 0.717) is 43.7 Å². The number of sulfone groups is 1. The van der Waals surface area contributed by atoms with Crippen LogP contribution in [0.15, 0.2) is 100 Å². The summed E-state index contributed by atoms with van der Waals surface area (Å²) in [4.78, 5) is 1.86. The monoisotopic (exact) mass is 693 g/mol. The lowest BCUT2D eigenvalue weighted by Gasteiger charge is -2.26. The second-order valence-electron chi connectivity index (χ2n) is 10.8. The fourth-order valence-electron chi connectivity index (χ4n) is 4.03. The minimum atomic E-state index is -4.60. The zero-order valence-corrected chi connectivity index (χ0v) is 29.4. The molecule has 3 aromatic carbocycles. The van der Waals surface area contributed by atoms with Gasteiger partial charge in [0.05, 0.1) is 21.3 Å². The molecule has 0 aliphatic heterocycles. The molecule has 0 fully saturated rings. The molecule has 3 aromatic rings. The maximum absolute atomic E-state index is 13.6. The van der Waals surface area contributed by atoms with Gasteiger partial charge in [-0.3, -0.25) is 0 Å². The van der Waals surface area contributed by atoms with Crippen LogP contribution in [0.1, 0.15) is 59.9 Å². The van der Waals surface area contributed by atoms with Crippen LogP contribution in [0.3, 0.4) is 0 Å². The Balaban J connectivity index is 0.00000236. The predicted molar refractivity (Wildman–Crippen MR) is 189 cm³/mol. The van der Waals surface area contributed by atoms with Gasteiger partial charge in [0, 0.05) is 34.7 Å². The molecule has 0 bridgehead atoms. The van der Waals surface area contributed by atoms with Crippen molar-refractivity contribution in [2.24, 2.45) is 16.1 Å². The van der Waals surface area contributed by atoms with E-state index in [4.69, 9.17) is 23.2 Å². The van der Waals surface area contributed by atoms with Gasteiger partial charge < -0.3 is 4.90 Å². The molecule has 0 saturated carbocycles. The van der Waals surface area contributed by atoms with E-state index < -0.39 is 27.6 Å². The lowest BCUT2D eigenvalue weighted by Crippen LogP contribution is -2.28. The molecule has 0 aliphatic carbocycles. The zero-order chi connectivity index (χ0) is 34.8. The highest BCUT2D eigenvalue weighted by molar-refractivity contribution is 7.90. The molecule has 248 valence electrons. The van der Waals surface area contributed by atoms with Crippen LogP contribution in [-0.2, 0) is 9.84 Å². The van der Waals surface area contributed by atoms with Gasteiger partial charge in [0.2, 0.25) is 0 Å². The second kappa shape index (κ2) is 17.0. The van der Waals surface area contributed by atoms with E-state index in [-0.39, 0.29) is 17.0 Å². The largest absolute Gasteiger partial charge is 0.431 e. The van der Waals surface area contributed by atoms with Crippen LogP contribution in [0, 0.1) is 5.92 Å². The quantitative estimate of drug-likeness (QED) is 0.157. The molecular weight excluding hydrogens is 654 g/mol. The molecule has 0 saturated heterocycles. The van der Waals surface area contributed by atoms with Crippen molar-refractivity contribution in [3.05, 3.63) is 101 Å². The van der Waals surface area contributed by atoms with Gasteiger partial charge >= 0.3 is 6.18 Å². The van der Waals surface area contributed by atoms with Crippen molar-refractivity contribution >= 4 is 55.8 Å². The van der Waals surface area contributed by atoms with Crippen LogP contribution in [0.25, 0.3) is 16.8 Å². The number of benzene rings is 3. The van der Waals surface area contributed by atoms with E-state index in [1.165, 1.54) is 19.4 Å².